The lowest BCUT2D eigenvalue weighted by Crippen LogP contribution is -1.78. The number of allylic oxidation sites excluding steroid dienone is 4. The molecule has 35 valence electrons. The van der Waals surface area contributed by atoms with Crippen LogP contribution in [-0.2, 0) is 0 Å². The smallest absolute Gasteiger partial charge is 0.0132 e. The average Bonchev–Trinajstić information content (AvgIpc) is 1.69. The summed E-state index contributed by atoms with van der Waals surface area (Å²) in [7, 11) is 0. The quantitative estimate of drug-likeness (QED) is 0.426. The zero-order valence-electron chi connectivity index (χ0n) is 4.36. The molecular weight excluding hydrogens is 84.1 g/mol. The van der Waals surface area contributed by atoms with E-state index in [9.17, 15) is 0 Å². The highest BCUT2D eigenvalue weighted by Crippen LogP contribution is 2.04. The third kappa shape index (κ3) is 1.19. The van der Waals surface area contributed by atoms with Crippen LogP contribution in [0.25, 0.3) is 0 Å². The van der Waals surface area contributed by atoms with Crippen LogP contribution in [0.2, 0.25) is 0 Å². The van der Waals surface area contributed by atoms with Gasteiger partial charge in [-0.2, -0.15) is 0 Å². The van der Waals surface area contributed by atoms with Crippen LogP contribution in [0.5, 0.6) is 0 Å². The zero-order valence-corrected chi connectivity index (χ0v) is 4.36. The van der Waals surface area contributed by atoms with Crippen LogP contribution in [0, 0.1) is 12.5 Å². The Morgan fingerprint density at radius 3 is 2.86 bits per heavy atom. The molecule has 0 aliphatic heterocycles. The molecule has 0 heterocycles. The van der Waals surface area contributed by atoms with Crippen molar-refractivity contribution in [3.05, 3.63) is 30.2 Å². The molecule has 1 aliphatic rings. The monoisotopic (exact) mass is 91.1 g/mol. The molecule has 0 spiro atoms. The summed E-state index contributed by atoms with van der Waals surface area (Å²) in [6.45, 7) is 2.04. The largest absolute Gasteiger partial charge is 0.0801 e. The summed E-state index contributed by atoms with van der Waals surface area (Å²) in [6, 6.07) is 0. The molecule has 0 bridgehead atoms. The fourth-order valence-electron chi connectivity index (χ4n) is 0.495. The Balaban J connectivity index is 2.58. The van der Waals surface area contributed by atoms with Crippen molar-refractivity contribution in [3.63, 3.8) is 0 Å². The fourth-order valence-corrected chi connectivity index (χ4v) is 0.495. The summed E-state index contributed by atoms with van der Waals surface area (Å²) in [6.07, 6.45) is 10.9. The van der Waals surface area contributed by atoms with Crippen LogP contribution in [0.3, 0.4) is 0 Å². The average molecular weight is 91.1 g/mol. The van der Waals surface area contributed by atoms with Crippen molar-refractivity contribution < 1.29 is 0 Å². The molecule has 0 aromatic rings. The van der Waals surface area contributed by atoms with Gasteiger partial charge >= 0.3 is 0 Å². The van der Waals surface area contributed by atoms with Crippen LogP contribution in [0.15, 0.2) is 17.7 Å². The van der Waals surface area contributed by atoms with E-state index in [0.29, 0.717) is 0 Å². The van der Waals surface area contributed by atoms with Crippen LogP contribution in [-0.4, -0.2) is 0 Å². The Morgan fingerprint density at radius 2 is 2.57 bits per heavy atom. The van der Waals surface area contributed by atoms with E-state index >= 15 is 0 Å². The molecule has 0 aromatic carbocycles. The van der Waals surface area contributed by atoms with Crippen molar-refractivity contribution in [2.45, 2.75) is 13.3 Å². The van der Waals surface area contributed by atoms with Gasteiger partial charge in [-0.25, -0.2) is 0 Å². The molecule has 0 saturated carbocycles. The predicted molar refractivity (Wildman–Crippen MR) is 29.4 cm³/mol. The Hall–Kier alpha value is -0.520. The first-order valence-electron chi connectivity index (χ1n) is 2.38. The number of hydrogen-bond donors (Lipinski definition) is 0. The maximum absolute atomic E-state index is 3.01. The van der Waals surface area contributed by atoms with Gasteiger partial charge in [-0.3, -0.25) is 0 Å². The van der Waals surface area contributed by atoms with E-state index in [1.807, 2.05) is 13.0 Å². The highest BCUT2D eigenvalue weighted by Gasteiger charge is 1.88. The second-order valence-electron chi connectivity index (χ2n) is 1.58. The van der Waals surface area contributed by atoms with Crippen molar-refractivity contribution >= 4 is 0 Å². The first kappa shape index (κ1) is 4.63. The highest BCUT2D eigenvalue weighted by molar-refractivity contribution is 5.18. The maximum atomic E-state index is 3.01. The van der Waals surface area contributed by atoms with E-state index in [2.05, 4.69) is 18.6 Å². The minimum absolute atomic E-state index is 0.957. The van der Waals surface area contributed by atoms with Crippen molar-refractivity contribution in [2.75, 3.05) is 0 Å². The topological polar surface area (TPSA) is 0 Å². The minimum atomic E-state index is 0.957. The molecule has 0 fully saturated rings. The molecule has 0 unspecified atom stereocenters. The van der Waals surface area contributed by atoms with Gasteiger partial charge in [-0.15, -0.1) is 0 Å². The fraction of sp³-hybridized carbons (Fsp3) is 0.286. The van der Waals surface area contributed by atoms with E-state index in [4.69, 9.17) is 0 Å². The van der Waals surface area contributed by atoms with Gasteiger partial charge in [0, 0.05) is 6.42 Å². The molecule has 0 saturated heterocycles. The van der Waals surface area contributed by atoms with E-state index in [1.165, 1.54) is 5.57 Å². The van der Waals surface area contributed by atoms with Crippen LogP contribution < -0.4 is 0 Å². The van der Waals surface area contributed by atoms with Gasteiger partial charge in [0.15, 0.2) is 0 Å². The van der Waals surface area contributed by atoms with Gasteiger partial charge in [0.25, 0.3) is 0 Å². The van der Waals surface area contributed by atoms with Crippen molar-refractivity contribution in [1.82, 2.24) is 0 Å². The molecule has 0 atom stereocenters. The SMILES string of the molecule is CC1=CC[C]C=[C]1. The summed E-state index contributed by atoms with van der Waals surface area (Å²) >= 11 is 0. The Bertz CT molecular complexity index is 107. The normalized spacial score (nSPS) is 19.3. The van der Waals surface area contributed by atoms with Gasteiger partial charge < -0.3 is 0 Å². The molecule has 7 heavy (non-hydrogen) atoms. The van der Waals surface area contributed by atoms with Crippen LogP contribution >= 0.6 is 0 Å². The van der Waals surface area contributed by atoms with Crippen LogP contribution in [0.1, 0.15) is 13.3 Å². The predicted octanol–water partition coefficient (Wildman–Crippen LogP) is 1.78. The van der Waals surface area contributed by atoms with Crippen LogP contribution in [0.4, 0.5) is 0 Å². The molecule has 0 heteroatoms. The molecule has 1 aliphatic carbocycles. The zero-order chi connectivity index (χ0) is 5.11. The number of hydrogen-bond acceptors (Lipinski definition) is 0. The third-order valence-corrected chi connectivity index (χ3v) is 0.928. The van der Waals surface area contributed by atoms with Crippen molar-refractivity contribution in [1.29, 1.82) is 0 Å². The summed E-state index contributed by atoms with van der Waals surface area (Å²) in [5.41, 5.74) is 1.22. The molecular formula is C7H7. The molecule has 0 amide bonds. The van der Waals surface area contributed by atoms with Crippen molar-refractivity contribution in [3.8, 4) is 0 Å². The lowest BCUT2D eigenvalue weighted by molar-refractivity contribution is 1.20. The Labute approximate surface area is 44.5 Å². The van der Waals surface area contributed by atoms with Gasteiger partial charge in [0.05, 0.1) is 0 Å². The molecule has 3 radical (unpaired) electrons. The number of rotatable bonds is 0. The van der Waals surface area contributed by atoms with E-state index in [-0.39, 0.29) is 0 Å². The molecule has 1 rings (SSSR count). The molecule has 0 nitrogen and oxygen atoms in total. The first-order valence-corrected chi connectivity index (χ1v) is 2.38. The summed E-state index contributed by atoms with van der Waals surface area (Å²) in [5, 5.41) is 0. The second kappa shape index (κ2) is 1.97. The van der Waals surface area contributed by atoms with Gasteiger partial charge in [-0.05, 0) is 25.0 Å². The maximum Gasteiger partial charge on any atom is 0.0132 e. The standard InChI is InChI=1S/C7H7/c1-7-5-3-2-4-6-7/h3,6H,4H2,1H3. The van der Waals surface area contributed by atoms with Gasteiger partial charge in [0.2, 0.25) is 0 Å². The Morgan fingerprint density at radius 1 is 1.71 bits per heavy atom. The van der Waals surface area contributed by atoms with Crippen molar-refractivity contribution in [2.24, 2.45) is 0 Å². The lowest BCUT2D eigenvalue weighted by atomic mass is 10.1. The second-order valence-corrected chi connectivity index (χ2v) is 1.58. The van der Waals surface area contributed by atoms with E-state index < -0.39 is 0 Å². The third-order valence-electron chi connectivity index (χ3n) is 0.928. The Kier molecular flexibility index (Phi) is 1.30. The highest BCUT2D eigenvalue weighted by atomic mass is 13.9. The molecule has 0 aromatic heterocycles. The van der Waals surface area contributed by atoms with Gasteiger partial charge in [0.1, 0.15) is 0 Å². The molecule has 0 N–H and O–H groups in total. The van der Waals surface area contributed by atoms with E-state index in [0.717, 1.165) is 6.42 Å². The first-order chi connectivity index (χ1) is 3.39. The lowest BCUT2D eigenvalue weighted by Gasteiger charge is -1.95. The minimum Gasteiger partial charge on any atom is -0.0801 e. The summed E-state index contributed by atoms with van der Waals surface area (Å²) in [5.74, 6) is 0. The van der Waals surface area contributed by atoms with E-state index in [1.54, 1.807) is 0 Å². The summed E-state index contributed by atoms with van der Waals surface area (Å²) in [4.78, 5) is 0. The summed E-state index contributed by atoms with van der Waals surface area (Å²) < 4.78 is 0. The van der Waals surface area contributed by atoms with Gasteiger partial charge in [-0.1, -0.05) is 12.2 Å².